The number of carbonyl (C=O) groups excluding carboxylic acids is 2. The van der Waals surface area contributed by atoms with Crippen LogP contribution in [0.1, 0.15) is 10.4 Å². The highest BCUT2D eigenvalue weighted by Crippen LogP contribution is 2.19. The third-order valence-corrected chi connectivity index (χ3v) is 4.05. The zero-order chi connectivity index (χ0) is 18.4. The van der Waals surface area contributed by atoms with Crippen molar-refractivity contribution in [2.24, 2.45) is 0 Å². The van der Waals surface area contributed by atoms with Crippen molar-refractivity contribution in [3.63, 3.8) is 0 Å². The first-order chi connectivity index (χ1) is 12.7. The lowest BCUT2D eigenvalue weighted by molar-refractivity contribution is 0.0303. The normalized spacial score (nSPS) is 13.8. The highest BCUT2D eigenvalue weighted by molar-refractivity contribution is 6.06. The summed E-state index contributed by atoms with van der Waals surface area (Å²) in [7, 11) is 1.58. The number of anilines is 2. The number of methoxy groups -OCH3 is 1. The molecule has 7 nitrogen and oxygen atoms in total. The van der Waals surface area contributed by atoms with E-state index in [2.05, 4.69) is 10.6 Å². The van der Waals surface area contributed by atoms with Crippen molar-refractivity contribution in [1.82, 2.24) is 4.90 Å². The Morgan fingerprint density at radius 2 is 1.69 bits per heavy atom. The van der Waals surface area contributed by atoms with Crippen LogP contribution in [0.2, 0.25) is 0 Å². The van der Waals surface area contributed by atoms with Gasteiger partial charge >= 0.3 is 6.03 Å². The summed E-state index contributed by atoms with van der Waals surface area (Å²) in [4.78, 5) is 26.7. The number of hydrogen-bond donors (Lipinski definition) is 2. The van der Waals surface area contributed by atoms with Gasteiger partial charge in [0.25, 0.3) is 5.91 Å². The molecule has 0 saturated carbocycles. The van der Waals surface area contributed by atoms with E-state index in [0.717, 1.165) is 0 Å². The number of nitrogens with one attached hydrogen (secondary N) is 2. The van der Waals surface area contributed by atoms with Gasteiger partial charge < -0.3 is 25.0 Å². The zero-order valence-electron chi connectivity index (χ0n) is 14.5. The van der Waals surface area contributed by atoms with Gasteiger partial charge in [-0.2, -0.15) is 0 Å². The number of morpholine rings is 1. The summed E-state index contributed by atoms with van der Waals surface area (Å²) in [6.07, 6.45) is 0. The van der Waals surface area contributed by atoms with Crippen molar-refractivity contribution < 1.29 is 19.1 Å². The van der Waals surface area contributed by atoms with Crippen LogP contribution in [0.3, 0.4) is 0 Å². The van der Waals surface area contributed by atoms with Crippen molar-refractivity contribution >= 4 is 23.3 Å². The first kappa shape index (κ1) is 17.8. The fraction of sp³-hybridized carbons (Fsp3) is 0.263. The Morgan fingerprint density at radius 1 is 1.00 bits per heavy atom. The lowest BCUT2D eigenvalue weighted by atomic mass is 10.1. The molecule has 26 heavy (non-hydrogen) atoms. The average Bonchev–Trinajstić information content (AvgIpc) is 2.69. The number of urea groups is 1. The van der Waals surface area contributed by atoms with E-state index in [1.165, 1.54) is 0 Å². The molecule has 3 amide bonds. The minimum atomic E-state index is -0.419. The Hall–Kier alpha value is -3.06. The molecule has 3 rings (SSSR count). The number of nitrogens with zero attached hydrogens (tertiary/aromatic N) is 1. The number of ether oxygens (including phenoxy) is 2. The van der Waals surface area contributed by atoms with Crippen molar-refractivity contribution in [2.45, 2.75) is 0 Å². The fourth-order valence-electron chi connectivity index (χ4n) is 2.67. The molecular weight excluding hydrogens is 334 g/mol. The maximum Gasteiger partial charge on any atom is 0.323 e. The second kappa shape index (κ2) is 8.35. The van der Waals surface area contributed by atoms with Crippen LogP contribution >= 0.6 is 0 Å². The molecule has 2 N–H and O–H groups in total. The molecule has 0 atom stereocenters. The second-order valence-corrected chi connectivity index (χ2v) is 5.76. The largest absolute Gasteiger partial charge is 0.497 e. The van der Waals surface area contributed by atoms with Crippen molar-refractivity contribution in [3.8, 4) is 5.75 Å². The third-order valence-electron chi connectivity index (χ3n) is 4.05. The summed E-state index contributed by atoms with van der Waals surface area (Å²) in [5, 5.41) is 5.48. The van der Waals surface area contributed by atoms with Crippen LogP contribution in [-0.4, -0.2) is 50.3 Å². The lowest BCUT2D eigenvalue weighted by Crippen LogP contribution is -2.41. The molecule has 1 aliphatic rings. The first-order valence-corrected chi connectivity index (χ1v) is 8.35. The van der Waals surface area contributed by atoms with E-state index in [9.17, 15) is 9.59 Å². The summed E-state index contributed by atoms with van der Waals surface area (Å²) in [5.74, 6) is 0.589. The van der Waals surface area contributed by atoms with E-state index in [1.807, 2.05) is 0 Å². The zero-order valence-corrected chi connectivity index (χ0v) is 14.5. The van der Waals surface area contributed by atoms with Crippen LogP contribution in [0.5, 0.6) is 5.75 Å². The second-order valence-electron chi connectivity index (χ2n) is 5.76. The maximum atomic E-state index is 12.7. The monoisotopic (exact) mass is 355 g/mol. The quantitative estimate of drug-likeness (QED) is 0.884. The molecule has 0 radical (unpaired) electrons. The smallest absolute Gasteiger partial charge is 0.323 e. The molecule has 0 aliphatic carbocycles. The van der Waals surface area contributed by atoms with Gasteiger partial charge in [-0.05, 0) is 36.4 Å². The van der Waals surface area contributed by atoms with Crippen LogP contribution in [0.25, 0.3) is 0 Å². The summed E-state index contributed by atoms with van der Waals surface area (Å²) < 4.78 is 10.4. The summed E-state index contributed by atoms with van der Waals surface area (Å²) in [5.41, 5.74) is 1.55. The van der Waals surface area contributed by atoms with E-state index in [0.29, 0.717) is 49.0 Å². The van der Waals surface area contributed by atoms with Crippen LogP contribution in [0, 0.1) is 0 Å². The Balaban J connectivity index is 1.68. The van der Waals surface area contributed by atoms with Crippen molar-refractivity contribution in [3.05, 3.63) is 54.1 Å². The highest BCUT2D eigenvalue weighted by atomic mass is 16.5. The molecule has 1 aliphatic heterocycles. The lowest BCUT2D eigenvalue weighted by Gasteiger charge is -2.27. The van der Waals surface area contributed by atoms with Crippen molar-refractivity contribution in [1.29, 1.82) is 0 Å². The van der Waals surface area contributed by atoms with Gasteiger partial charge in [-0.25, -0.2) is 4.79 Å². The average molecular weight is 355 g/mol. The van der Waals surface area contributed by atoms with Gasteiger partial charge in [0.15, 0.2) is 0 Å². The molecule has 2 aromatic carbocycles. The Kier molecular flexibility index (Phi) is 5.70. The summed E-state index contributed by atoms with van der Waals surface area (Å²) in [6, 6.07) is 13.5. The number of benzene rings is 2. The molecule has 0 unspecified atom stereocenters. The number of rotatable bonds is 4. The first-order valence-electron chi connectivity index (χ1n) is 8.35. The minimum absolute atomic E-state index is 0.117. The highest BCUT2D eigenvalue weighted by Gasteiger charge is 2.21. The molecule has 0 bridgehead atoms. The molecule has 0 aromatic heterocycles. The Labute approximate surface area is 151 Å². The summed E-state index contributed by atoms with van der Waals surface area (Å²) in [6.45, 7) is 2.15. The van der Waals surface area contributed by atoms with Crippen molar-refractivity contribution in [2.75, 3.05) is 44.0 Å². The molecule has 1 heterocycles. The molecular formula is C19H21N3O4. The van der Waals surface area contributed by atoms with Gasteiger partial charge in [-0.3, -0.25) is 4.79 Å². The van der Waals surface area contributed by atoms with Crippen LogP contribution < -0.4 is 15.4 Å². The van der Waals surface area contributed by atoms with Gasteiger partial charge in [0, 0.05) is 18.8 Å². The number of amides is 3. The van der Waals surface area contributed by atoms with E-state index >= 15 is 0 Å². The predicted molar refractivity (Wildman–Crippen MR) is 98.8 cm³/mol. The Bertz CT molecular complexity index is 771. The molecule has 136 valence electrons. The SMILES string of the molecule is COc1ccc(NC(=O)Nc2ccccc2C(=O)N2CCOCC2)cc1. The van der Waals surface area contributed by atoms with Gasteiger partial charge in [0.05, 0.1) is 31.6 Å². The number of carbonyl (C=O) groups is 2. The topological polar surface area (TPSA) is 79.9 Å². The maximum absolute atomic E-state index is 12.7. The standard InChI is InChI=1S/C19H21N3O4/c1-25-15-8-6-14(7-9-15)20-19(24)21-17-5-3-2-4-16(17)18(23)22-10-12-26-13-11-22/h2-9H,10-13H2,1H3,(H2,20,21,24). The molecule has 2 aromatic rings. The fourth-order valence-corrected chi connectivity index (χ4v) is 2.67. The molecule has 1 fully saturated rings. The van der Waals surface area contributed by atoms with Crippen LogP contribution in [0.15, 0.2) is 48.5 Å². The van der Waals surface area contributed by atoms with Crippen LogP contribution in [0.4, 0.5) is 16.2 Å². The molecule has 1 saturated heterocycles. The predicted octanol–water partition coefficient (Wildman–Crippen LogP) is 2.81. The Morgan fingerprint density at radius 3 is 2.38 bits per heavy atom. The van der Waals surface area contributed by atoms with Gasteiger partial charge in [0.2, 0.25) is 0 Å². The van der Waals surface area contributed by atoms with Crippen LogP contribution in [-0.2, 0) is 4.74 Å². The third kappa shape index (κ3) is 4.31. The number of hydrogen-bond acceptors (Lipinski definition) is 4. The van der Waals surface area contributed by atoms with E-state index in [4.69, 9.17) is 9.47 Å². The van der Waals surface area contributed by atoms with E-state index in [1.54, 1.807) is 60.5 Å². The van der Waals surface area contributed by atoms with Gasteiger partial charge in [-0.1, -0.05) is 12.1 Å². The number of para-hydroxylation sites is 1. The minimum Gasteiger partial charge on any atom is -0.497 e. The molecule has 7 heteroatoms. The van der Waals surface area contributed by atoms with E-state index < -0.39 is 6.03 Å². The molecule has 0 spiro atoms. The van der Waals surface area contributed by atoms with Gasteiger partial charge in [0.1, 0.15) is 5.75 Å². The van der Waals surface area contributed by atoms with E-state index in [-0.39, 0.29) is 5.91 Å². The summed E-state index contributed by atoms with van der Waals surface area (Å²) >= 11 is 0. The van der Waals surface area contributed by atoms with Gasteiger partial charge in [-0.15, -0.1) is 0 Å².